The van der Waals surface area contributed by atoms with Gasteiger partial charge in [-0.3, -0.25) is 0 Å². The van der Waals surface area contributed by atoms with Crippen molar-refractivity contribution in [3.05, 3.63) is 88.3 Å². The minimum Gasteiger partial charge on any atom is -0.493 e. The Morgan fingerprint density at radius 2 is 1.66 bits per heavy atom. The fourth-order valence-electron chi connectivity index (χ4n) is 4.03. The molecule has 1 aliphatic heterocycles. The first-order valence-electron chi connectivity index (χ1n) is 11.6. The second-order valence-electron chi connectivity index (χ2n) is 8.69. The number of benzene rings is 2. The smallest absolute Gasteiger partial charge is 0.416 e. The summed E-state index contributed by atoms with van der Waals surface area (Å²) in [7, 11) is -5.21. The van der Waals surface area contributed by atoms with E-state index in [4.69, 9.17) is 4.74 Å². The number of fused-ring (bicyclic) bond motifs is 1. The minimum absolute atomic E-state index is 0.0343. The molecule has 0 radical (unpaired) electrons. The van der Waals surface area contributed by atoms with E-state index in [0.717, 1.165) is 31.2 Å². The monoisotopic (exact) mass is 618 g/mol. The Kier molecular flexibility index (Phi) is 9.51. The molecule has 3 rings (SSSR count). The molecule has 1 atom stereocenters. The molecule has 41 heavy (non-hydrogen) atoms. The molecule has 2 aromatic rings. The summed E-state index contributed by atoms with van der Waals surface area (Å²) in [5, 5.41) is 0. The van der Waals surface area contributed by atoms with Crippen molar-refractivity contribution in [1.82, 2.24) is 0 Å². The maximum Gasteiger partial charge on any atom is 0.416 e. The molecule has 1 aliphatic rings. The molecular formula is C26H20F10O4S. The summed E-state index contributed by atoms with van der Waals surface area (Å²) in [5.74, 6) is -15.5. The van der Waals surface area contributed by atoms with Crippen LogP contribution in [0, 0.1) is 29.1 Å². The van der Waals surface area contributed by atoms with E-state index in [1.165, 1.54) is 0 Å². The molecular weight excluding hydrogens is 598 g/mol. The minimum atomic E-state index is -5.21. The number of hydrogen-bond donors (Lipinski definition) is 0. The quantitative estimate of drug-likeness (QED) is 0.0939. The number of hydrogen-bond acceptors (Lipinski definition) is 4. The molecule has 0 fully saturated rings. The van der Waals surface area contributed by atoms with Crippen molar-refractivity contribution >= 4 is 10.1 Å². The Bertz CT molecular complexity index is 1480. The summed E-state index contributed by atoms with van der Waals surface area (Å²) in [6.45, 7) is 4.79. The number of halogens is 10. The van der Waals surface area contributed by atoms with Gasteiger partial charge in [0.05, 0.1) is 12.2 Å². The van der Waals surface area contributed by atoms with Gasteiger partial charge in [-0.1, -0.05) is 18.7 Å². The average Bonchev–Trinajstić information content (AvgIpc) is 2.91. The van der Waals surface area contributed by atoms with Crippen LogP contribution in [-0.4, -0.2) is 27.6 Å². The van der Waals surface area contributed by atoms with Crippen molar-refractivity contribution in [3.8, 4) is 11.5 Å². The van der Waals surface area contributed by atoms with Crippen molar-refractivity contribution in [2.24, 2.45) is 0 Å². The highest BCUT2D eigenvalue weighted by Gasteiger charge is 2.34. The third-order valence-corrected chi connectivity index (χ3v) is 7.33. The van der Waals surface area contributed by atoms with Crippen molar-refractivity contribution in [1.29, 1.82) is 0 Å². The molecule has 0 N–H and O–H groups in total. The molecule has 0 amide bonds. The van der Waals surface area contributed by atoms with Crippen LogP contribution in [0.15, 0.2) is 58.5 Å². The molecule has 0 saturated heterocycles. The van der Waals surface area contributed by atoms with Gasteiger partial charge in [-0.15, -0.1) is 0 Å². The summed E-state index contributed by atoms with van der Waals surface area (Å²) < 4.78 is 169. The Morgan fingerprint density at radius 1 is 1.07 bits per heavy atom. The zero-order valence-electron chi connectivity index (χ0n) is 20.9. The van der Waals surface area contributed by atoms with Crippen LogP contribution in [0.5, 0.6) is 11.5 Å². The van der Waals surface area contributed by atoms with E-state index in [1.54, 1.807) is 0 Å². The summed E-state index contributed by atoms with van der Waals surface area (Å²) in [6, 6.07) is 2.76. The Balaban J connectivity index is 2.00. The number of alkyl halides is 5. The van der Waals surface area contributed by atoms with Gasteiger partial charge in [0.2, 0.25) is 41.3 Å². The van der Waals surface area contributed by atoms with Crippen LogP contribution >= 0.6 is 0 Å². The van der Waals surface area contributed by atoms with Gasteiger partial charge in [0.25, 0.3) is 0 Å². The third-order valence-electron chi connectivity index (χ3n) is 6.11. The van der Waals surface area contributed by atoms with Crippen LogP contribution < -0.4 is 8.92 Å². The molecule has 0 unspecified atom stereocenters. The average molecular weight is 618 g/mol. The van der Waals surface area contributed by atoms with Gasteiger partial charge in [-0.2, -0.15) is 30.4 Å². The first-order valence-corrected chi connectivity index (χ1v) is 13.0. The first-order chi connectivity index (χ1) is 19.0. The largest absolute Gasteiger partial charge is 0.493 e. The molecule has 1 heterocycles. The lowest BCUT2D eigenvalue weighted by Gasteiger charge is -2.29. The van der Waals surface area contributed by atoms with Crippen molar-refractivity contribution in [3.63, 3.8) is 0 Å². The topological polar surface area (TPSA) is 52.6 Å². The van der Waals surface area contributed by atoms with Crippen LogP contribution in [0.4, 0.5) is 43.9 Å². The van der Waals surface area contributed by atoms with Crippen molar-refractivity contribution in [2.45, 2.75) is 49.6 Å². The maximum absolute atomic E-state index is 14.0. The zero-order valence-corrected chi connectivity index (χ0v) is 21.7. The molecule has 224 valence electrons. The summed E-state index contributed by atoms with van der Waals surface area (Å²) in [6.07, 6.45) is -7.25. The Morgan fingerprint density at radius 3 is 2.20 bits per heavy atom. The van der Waals surface area contributed by atoms with Gasteiger partial charge in [-0.25, -0.2) is 22.0 Å². The first kappa shape index (κ1) is 32.0. The maximum atomic E-state index is 14.0. The standard InChI is InChI=1S/C26H20F10O4S/c1-3-14(26(34,35)36)10-13(4-7-19(27)28)12(2)16-8-9-39-18-11-15(5-6-17(16)18)41(37,38)40-25-23(32)21(30)20(29)22(31)24(25)33/h3,5-6,10-11,16,19H,2,4,7-9H2,1H3/b13-10-,14-3+/t16-/m0/s1. The summed E-state index contributed by atoms with van der Waals surface area (Å²) in [4.78, 5) is -0.826. The summed E-state index contributed by atoms with van der Waals surface area (Å²) >= 11 is 0. The SMILES string of the molecule is C=C(/C(=C\C(=C/C)C(F)(F)F)CCC(F)F)[C@@H]1CCOc2cc(S(=O)(=O)Oc3c(F)c(F)c(F)c(F)c3F)ccc21. The summed E-state index contributed by atoms with van der Waals surface area (Å²) in [5.41, 5.74) is -0.998. The fourth-order valence-corrected chi connectivity index (χ4v) is 4.98. The predicted octanol–water partition coefficient (Wildman–Crippen LogP) is 8.05. The van der Waals surface area contributed by atoms with Gasteiger partial charge in [0.15, 0.2) is 0 Å². The van der Waals surface area contributed by atoms with Crippen molar-refractivity contribution in [2.75, 3.05) is 6.61 Å². The van der Waals surface area contributed by atoms with E-state index in [2.05, 4.69) is 10.8 Å². The van der Waals surface area contributed by atoms with E-state index in [-0.39, 0.29) is 35.5 Å². The van der Waals surface area contributed by atoms with E-state index < -0.39 is 86.8 Å². The molecule has 2 aromatic carbocycles. The van der Waals surface area contributed by atoms with E-state index in [9.17, 15) is 52.3 Å². The van der Waals surface area contributed by atoms with Crippen LogP contribution in [0.25, 0.3) is 0 Å². The van der Waals surface area contributed by atoms with Crippen LogP contribution in [0.1, 0.15) is 37.7 Å². The van der Waals surface area contributed by atoms with Crippen LogP contribution in [0.2, 0.25) is 0 Å². The zero-order chi connectivity index (χ0) is 30.9. The molecule has 4 nitrogen and oxygen atoms in total. The highest BCUT2D eigenvalue weighted by Crippen LogP contribution is 2.43. The number of rotatable bonds is 9. The van der Waals surface area contributed by atoms with Crippen molar-refractivity contribution < 1.29 is 61.2 Å². The van der Waals surface area contributed by atoms with Gasteiger partial charge >= 0.3 is 16.3 Å². The van der Waals surface area contributed by atoms with Crippen LogP contribution in [0.3, 0.4) is 0 Å². The second-order valence-corrected chi connectivity index (χ2v) is 10.2. The normalized spacial score (nSPS) is 16.4. The highest BCUT2D eigenvalue weighted by atomic mass is 32.2. The van der Waals surface area contributed by atoms with Gasteiger partial charge in [-0.05, 0) is 43.1 Å². The molecule has 0 bridgehead atoms. The lowest BCUT2D eigenvalue weighted by Crippen LogP contribution is -2.19. The van der Waals surface area contributed by atoms with Gasteiger partial charge < -0.3 is 8.92 Å². The molecule has 0 aromatic heterocycles. The van der Waals surface area contributed by atoms with Gasteiger partial charge in [0, 0.05) is 24.0 Å². The number of ether oxygens (including phenoxy) is 1. The molecule has 0 spiro atoms. The lowest BCUT2D eigenvalue weighted by molar-refractivity contribution is -0.0883. The lowest BCUT2D eigenvalue weighted by atomic mass is 9.82. The molecule has 15 heteroatoms. The predicted molar refractivity (Wildman–Crippen MR) is 126 cm³/mol. The highest BCUT2D eigenvalue weighted by molar-refractivity contribution is 7.87. The van der Waals surface area contributed by atoms with Crippen LogP contribution in [-0.2, 0) is 10.1 Å². The van der Waals surface area contributed by atoms with E-state index >= 15 is 0 Å². The Hall–Kier alpha value is -3.49. The van der Waals surface area contributed by atoms with Gasteiger partial charge in [0.1, 0.15) is 10.6 Å². The number of allylic oxidation sites excluding steroid dienone is 5. The fraction of sp³-hybridized carbons (Fsp3) is 0.308. The second kappa shape index (κ2) is 12.2. The third kappa shape index (κ3) is 6.88. The Labute approximate surface area is 227 Å². The van der Waals surface area contributed by atoms with E-state index in [1.807, 2.05) is 0 Å². The van der Waals surface area contributed by atoms with E-state index in [0.29, 0.717) is 6.08 Å². The molecule has 0 saturated carbocycles. The molecule has 0 aliphatic carbocycles.